The molecular weight excluding hydrogens is 244 g/mol. The number of hydrogen-bond acceptors (Lipinski definition) is 2. The van der Waals surface area contributed by atoms with Gasteiger partial charge in [-0.15, -0.1) is 0 Å². The van der Waals surface area contributed by atoms with Crippen molar-refractivity contribution in [3.8, 4) is 0 Å². The van der Waals surface area contributed by atoms with E-state index in [2.05, 4.69) is 37.5 Å². The van der Waals surface area contributed by atoms with Gasteiger partial charge in [-0.3, -0.25) is 11.3 Å². The first-order valence-electron chi connectivity index (χ1n) is 8.20. The Morgan fingerprint density at radius 1 is 1.10 bits per heavy atom. The van der Waals surface area contributed by atoms with Gasteiger partial charge in [0, 0.05) is 6.04 Å². The lowest BCUT2D eigenvalue weighted by Crippen LogP contribution is -2.40. The van der Waals surface area contributed by atoms with Crippen LogP contribution in [0.5, 0.6) is 0 Å². The summed E-state index contributed by atoms with van der Waals surface area (Å²) >= 11 is 0. The molecule has 3 aliphatic rings. The van der Waals surface area contributed by atoms with Crippen LogP contribution < -0.4 is 11.3 Å². The van der Waals surface area contributed by atoms with E-state index in [0.717, 1.165) is 36.0 Å². The van der Waals surface area contributed by atoms with Gasteiger partial charge in [-0.25, -0.2) is 0 Å². The second kappa shape index (κ2) is 4.57. The SMILES string of the molecule is Cc1cc(C)cc(CC(NN)C2C3C4CCC(C4)C32)c1. The Balaban J connectivity index is 1.50. The van der Waals surface area contributed by atoms with Crippen LogP contribution in [0.3, 0.4) is 0 Å². The molecule has 2 bridgehead atoms. The van der Waals surface area contributed by atoms with Crippen molar-refractivity contribution < 1.29 is 0 Å². The fourth-order valence-corrected chi connectivity index (χ4v) is 5.68. The van der Waals surface area contributed by atoms with Crippen LogP contribution in [0.1, 0.15) is 36.0 Å². The summed E-state index contributed by atoms with van der Waals surface area (Å²) in [7, 11) is 0. The highest BCUT2D eigenvalue weighted by molar-refractivity contribution is 5.30. The standard InChI is InChI=1S/C18H26N2/c1-10-5-11(2)7-12(6-10)8-15(20-19)18-16-13-3-4-14(9-13)17(16)18/h5-7,13-18,20H,3-4,8-9,19H2,1-2H3. The third kappa shape index (κ3) is 1.93. The third-order valence-electron chi connectivity index (χ3n) is 6.21. The minimum absolute atomic E-state index is 0.481. The summed E-state index contributed by atoms with van der Waals surface area (Å²) in [4.78, 5) is 0. The van der Waals surface area contributed by atoms with Crippen molar-refractivity contribution in [3.05, 3.63) is 34.9 Å². The van der Waals surface area contributed by atoms with Gasteiger partial charge >= 0.3 is 0 Å². The highest BCUT2D eigenvalue weighted by atomic mass is 15.2. The lowest BCUT2D eigenvalue weighted by atomic mass is 9.93. The van der Waals surface area contributed by atoms with Crippen LogP contribution >= 0.6 is 0 Å². The average molecular weight is 270 g/mol. The number of hydrogen-bond donors (Lipinski definition) is 2. The molecule has 0 spiro atoms. The molecule has 0 aromatic heterocycles. The Kier molecular flexibility index (Phi) is 2.94. The van der Waals surface area contributed by atoms with Gasteiger partial charge in [0.15, 0.2) is 0 Å². The Labute approximate surface area is 122 Å². The lowest BCUT2D eigenvalue weighted by Gasteiger charge is -2.20. The fraction of sp³-hybridized carbons (Fsp3) is 0.667. The summed E-state index contributed by atoms with van der Waals surface area (Å²) in [5.41, 5.74) is 7.33. The molecule has 2 heteroatoms. The van der Waals surface area contributed by atoms with E-state index in [1.807, 2.05) is 0 Å². The molecule has 0 heterocycles. The summed E-state index contributed by atoms with van der Waals surface area (Å²) in [5, 5.41) is 0. The number of nitrogens with two attached hydrogens (primary N) is 1. The van der Waals surface area contributed by atoms with E-state index in [9.17, 15) is 0 Å². The van der Waals surface area contributed by atoms with Gasteiger partial charge in [0.2, 0.25) is 0 Å². The lowest BCUT2D eigenvalue weighted by molar-refractivity contribution is 0.365. The van der Waals surface area contributed by atoms with Crippen molar-refractivity contribution in [2.45, 2.75) is 45.6 Å². The zero-order chi connectivity index (χ0) is 13.9. The Morgan fingerprint density at radius 3 is 2.25 bits per heavy atom. The summed E-state index contributed by atoms with van der Waals surface area (Å²) < 4.78 is 0. The average Bonchev–Trinajstić information content (AvgIpc) is 2.82. The molecule has 5 unspecified atom stereocenters. The van der Waals surface area contributed by atoms with E-state index in [1.165, 1.54) is 36.0 Å². The summed E-state index contributed by atoms with van der Waals surface area (Å²) in [5.74, 6) is 10.8. The minimum Gasteiger partial charge on any atom is -0.271 e. The van der Waals surface area contributed by atoms with Crippen molar-refractivity contribution in [1.82, 2.24) is 5.43 Å². The quantitative estimate of drug-likeness (QED) is 0.652. The Hall–Kier alpha value is -0.860. The zero-order valence-electron chi connectivity index (χ0n) is 12.6. The first-order chi connectivity index (χ1) is 9.67. The molecule has 1 aromatic carbocycles. The monoisotopic (exact) mass is 270 g/mol. The van der Waals surface area contributed by atoms with Crippen LogP contribution in [-0.4, -0.2) is 6.04 Å². The maximum absolute atomic E-state index is 5.90. The van der Waals surface area contributed by atoms with Crippen molar-refractivity contribution in [2.24, 2.45) is 35.4 Å². The molecular formula is C18H26N2. The largest absolute Gasteiger partial charge is 0.271 e. The second-order valence-electron chi connectivity index (χ2n) is 7.54. The Morgan fingerprint density at radius 2 is 1.70 bits per heavy atom. The van der Waals surface area contributed by atoms with E-state index in [-0.39, 0.29) is 0 Å². The van der Waals surface area contributed by atoms with Gasteiger partial charge in [-0.2, -0.15) is 0 Å². The molecule has 2 nitrogen and oxygen atoms in total. The smallest absolute Gasteiger partial charge is 0.0284 e. The van der Waals surface area contributed by atoms with Gasteiger partial charge in [0.05, 0.1) is 0 Å². The molecule has 0 saturated heterocycles. The number of rotatable bonds is 4. The molecule has 4 rings (SSSR count). The van der Waals surface area contributed by atoms with Gasteiger partial charge < -0.3 is 0 Å². The summed E-state index contributed by atoms with van der Waals surface area (Å²) in [6, 6.07) is 7.38. The molecule has 20 heavy (non-hydrogen) atoms. The molecule has 1 aromatic rings. The number of fused-ring (bicyclic) bond motifs is 5. The number of benzene rings is 1. The number of nitrogens with one attached hydrogen (secondary N) is 1. The first kappa shape index (κ1) is 12.8. The molecule has 3 saturated carbocycles. The highest BCUT2D eigenvalue weighted by Crippen LogP contribution is 2.70. The van der Waals surface area contributed by atoms with Crippen molar-refractivity contribution in [2.75, 3.05) is 0 Å². The van der Waals surface area contributed by atoms with Gasteiger partial charge in [-0.1, -0.05) is 29.3 Å². The maximum Gasteiger partial charge on any atom is 0.0284 e. The predicted molar refractivity (Wildman–Crippen MR) is 82.0 cm³/mol. The van der Waals surface area contributed by atoms with Gasteiger partial charge in [-0.05, 0) is 74.7 Å². The number of aryl methyl sites for hydroxylation is 2. The zero-order valence-corrected chi connectivity index (χ0v) is 12.6. The molecule has 108 valence electrons. The molecule has 3 N–H and O–H groups in total. The van der Waals surface area contributed by atoms with Crippen LogP contribution in [-0.2, 0) is 6.42 Å². The van der Waals surface area contributed by atoms with Crippen molar-refractivity contribution in [3.63, 3.8) is 0 Å². The molecule has 3 fully saturated rings. The predicted octanol–water partition coefficient (Wildman–Crippen LogP) is 2.97. The summed E-state index contributed by atoms with van der Waals surface area (Å²) in [6.07, 6.45) is 5.59. The van der Waals surface area contributed by atoms with Crippen LogP contribution in [0, 0.1) is 43.4 Å². The van der Waals surface area contributed by atoms with E-state index in [0.29, 0.717) is 6.04 Å². The van der Waals surface area contributed by atoms with E-state index in [4.69, 9.17) is 5.84 Å². The van der Waals surface area contributed by atoms with E-state index in [1.54, 1.807) is 0 Å². The van der Waals surface area contributed by atoms with Crippen LogP contribution in [0.2, 0.25) is 0 Å². The van der Waals surface area contributed by atoms with E-state index < -0.39 is 0 Å². The van der Waals surface area contributed by atoms with E-state index >= 15 is 0 Å². The second-order valence-corrected chi connectivity index (χ2v) is 7.54. The Bertz CT molecular complexity index is 488. The first-order valence-corrected chi connectivity index (χ1v) is 8.20. The molecule has 5 atom stereocenters. The van der Waals surface area contributed by atoms with Crippen molar-refractivity contribution >= 4 is 0 Å². The molecule has 0 radical (unpaired) electrons. The number of hydrazine groups is 1. The van der Waals surface area contributed by atoms with Gasteiger partial charge in [0.1, 0.15) is 0 Å². The fourth-order valence-electron chi connectivity index (χ4n) is 5.68. The highest BCUT2D eigenvalue weighted by Gasteiger charge is 2.66. The van der Waals surface area contributed by atoms with Crippen LogP contribution in [0.4, 0.5) is 0 Å². The summed E-state index contributed by atoms with van der Waals surface area (Å²) in [6.45, 7) is 4.38. The topological polar surface area (TPSA) is 38.0 Å². The third-order valence-corrected chi connectivity index (χ3v) is 6.21. The van der Waals surface area contributed by atoms with Crippen LogP contribution in [0.15, 0.2) is 18.2 Å². The maximum atomic E-state index is 5.90. The van der Waals surface area contributed by atoms with Gasteiger partial charge in [0.25, 0.3) is 0 Å². The molecule has 0 aliphatic heterocycles. The molecule has 0 amide bonds. The van der Waals surface area contributed by atoms with Crippen LogP contribution in [0.25, 0.3) is 0 Å². The minimum atomic E-state index is 0.481. The van der Waals surface area contributed by atoms with Crippen molar-refractivity contribution in [1.29, 1.82) is 0 Å². The molecule has 3 aliphatic carbocycles. The normalized spacial score (nSPS) is 38.9.